The van der Waals surface area contributed by atoms with E-state index >= 15 is 0 Å². The van der Waals surface area contributed by atoms with Crippen LogP contribution in [0.4, 0.5) is 5.69 Å². The lowest BCUT2D eigenvalue weighted by molar-refractivity contribution is -0.140. The highest BCUT2D eigenvalue weighted by Gasteiger charge is 2.33. The van der Waals surface area contributed by atoms with Crippen molar-refractivity contribution in [3.8, 4) is 5.75 Å². The first kappa shape index (κ1) is 30.7. The van der Waals surface area contributed by atoms with Crippen LogP contribution in [0.25, 0.3) is 0 Å². The molecule has 3 rings (SSSR count). The summed E-state index contributed by atoms with van der Waals surface area (Å²) in [5.74, 6) is -0.316. The van der Waals surface area contributed by atoms with E-state index in [9.17, 15) is 18.0 Å². The van der Waals surface area contributed by atoms with E-state index in [4.69, 9.17) is 4.74 Å². The first-order valence-electron chi connectivity index (χ1n) is 13.1. The van der Waals surface area contributed by atoms with Crippen LogP contribution >= 0.6 is 0 Å². The number of nitrogens with zero attached hydrogens (tertiary/aromatic N) is 2. The molecule has 0 aliphatic rings. The zero-order chi connectivity index (χ0) is 29.7. The highest BCUT2D eigenvalue weighted by Crippen LogP contribution is 2.26. The maximum absolute atomic E-state index is 14.0. The lowest BCUT2D eigenvalue weighted by Crippen LogP contribution is -2.54. The summed E-state index contributed by atoms with van der Waals surface area (Å²) in [5.41, 5.74) is 2.64. The number of aryl methyl sites for hydroxylation is 2. The second-order valence-corrected chi connectivity index (χ2v) is 12.8. The van der Waals surface area contributed by atoms with Crippen molar-refractivity contribution in [1.29, 1.82) is 0 Å². The van der Waals surface area contributed by atoms with Gasteiger partial charge >= 0.3 is 0 Å². The van der Waals surface area contributed by atoms with E-state index in [-0.39, 0.29) is 17.3 Å². The van der Waals surface area contributed by atoms with Gasteiger partial charge < -0.3 is 15.0 Å². The molecule has 0 fully saturated rings. The van der Waals surface area contributed by atoms with Gasteiger partial charge in [0.05, 0.1) is 17.7 Å². The summed E-state index contributed by atoms with van der Waals surface area (Å²) >= 11 is 0. The number of carbonyl (C=O) groups excluding carboxylic acids is 2. The number of benzene rings is 3. The standard InChI is InChI=1S/C31H39N3O5S/c1-22-11-13-26(14-12-22)34(40(37,38)28-17-15-27(39-7)16-18-28)21-29(35)33(20-25-10-8-9-23(2)19-25)24(3)30(36)32-31(4,5)6/h8-19,24H,20-21H2,1-7H3,(H,32,36)/t24-/m1/s1. The molecule has 0 unspecified atom stereocenters. The Morgan fingerprint density at radius 1 is 0.925 bits per heavy atom. The van der Waals surface area contributed by atoms with Crippen LogP contribution in [0, 0.1) is 13.8 Å². The van der Waals surface area contributed by atoms with Crippen molar-refractivity contribution in [3.63, 3.8) is 0 Å². The maximum Gasteiger partial charge on any atom is 0.264 e. The van der Waals surface area contributed by atoms with Gasteiger partial charge in [-0.25, -0.2) is 8.42 Å². The number of hydrogen-bond acceptors (Lipinski definition) is 5. The van der Waals surface area contributed by atoms with Crippen LogP contribution in [0.1, 0.15) is 44.4 Å². The van der Waals surface area contributed by atoms with Crippen LogP contribution in [-0.4, -0.2) is 50.4 Å². The molecular weight excluding hydrogens is 526 g/mol. The van der Waals surface area contributed by atoms with Crippen LogP contribution in [-0.2, 0) is 26.2 Å². The topological polar surface area (TPSA) is 96.0 Å². The van der Waals surface area contributed by atoms with Crippen LogP contribution in [0.2, 0.25) is 0 Å². The molecule has 0 saturated heterocycles. The number of methoxy groups -OCH3 is 1. The third-order valence-electron chi connectivity index (χ3n) is 6.35. The zero-order valence-electron chi connectivity index (χ0n) is 24.3. The van der Waals surface area contributed by atoms with Crippen LogP contribution in [0.5, 0.6) is 5.75 Å². The average molecular weight is 566 g/mol. The van der Waals surface area contributed by atoms with E-state index in [1.54, 1.807) is 43.3 Å². The molecule has 214 valence electrons. The normalized spacial score (nSPS) is 12.4. The largest absolute Gasteiger partial charge is 0.497 e. The Bertz CT molecular complexity index is 1430. The number of nitrogens with one attached hydrogen (secondary N) is 1. The molecule has 0 aromatic heterocycles. The summed E-state index contributed by atoms with van der Waals surface area (Å²) in [6, 6.07) is 19.8. The molecule has 2 amide bonds. The van der Waals surface area contributed by atoms with Gasteiger partial charge in [-0.1, -0.05) is 47.5 Å². The molecule has 9 heteroatoms. The molecule has 1 atom stereocenters. The summed E-state index contributed by atoms with van der Waals surface area (Å²) in [7, 11) is -2.64. The lowest BCUT2D eigenvalue weighted by Gasteiger charge is -2.33. The highest BCUT2D eigenvalue weighted by atomic mass is 32.2. The fourth-order valence-corrected chi connectivity index (χ4v) is 5.59. The Labute approximate surface area is 238 Å². The summed E-state index contributed by atoms with van der Waals surface area (Å²) in [5, 5.41) is 2.93. The molecule has 40 heavy (non-hydrogen) atoms. The van der Waals surface area contributed by atoms with Gasteiger partial charge in [0, 0.05) is 12.1 Å². The monoisotopic (exact) mass is 565 g/mol. The Kier molecular flexibility index (Phi) is 9.63. The molecular formula is C31H39N3O5S. The van der Waals surface area contributed by atoms with Crippen molar-refractivity contribution in [2.45, 2.75) is 64.6 Å². The molecule has 0 aliphatic heterocycles. The number of anilines is 1. The van der Waals surface area contributed by atoms with Gasteiger partial charge in [-0.3, -0.25) is 13.9 Å². The summed E-state index contributed by atoms with van der Waals surface area (Å²) in [6.07, 6.45) is 0. The molecule has 0 aliphatic carbocycles. The van der Waals surface area contributed by atoms with E-state index in [0.29, 0.717) is 11.4 Å². The van der Waals surface area contributed by atoms with Crippen molar-refractivity contribution in [3.05, 3.63) is 89.5 Å². The van der Waals surface area contributed by atoms with E-state index in [2.05, 4.69) is 5.32 Å². The zero-order valence-corrected chi connectivity index (χ0v) is 25.1. The van der Waals surface area contributed by atoms with Crippen LogP contribution in [0.3, 0.4) is 0 Å². The Hall–Kier alpha value is -3.85. The SMILES string of the molecule is COc1ccc(S(=O)(=O)N(CC(=O)N(Cc2cccc(C)c2)[C@H](C)C(=O)NC(C)(C)C)c2ccc(C)cc2)cc1. The Balaban J connectivity index is 2.03. The molecule has 0 spiro atoms. The van der Waals surface area contributed by atoms with Gasteiger partial charge in [-0.2, -0.15) is 0 Å². The number of ether oxygens (including phenoxy) is 1. The second kappa shape index (κ2) is 12.6. The second-order valence-electron chi connectivity index (χ2n) is 10.9. The average Bonchev–Trinajstić information content (AvgIpc) is 2.89. The minimum absolute atomic E-state index is 0.0189. The van der Waals surface area contributed by atoms with E-state index in [1.807, 2.05) is 58.9 Å². The van der Waals surface area contributed by atoms with Crippen molar-refractivity contribution in [2.24, 2.45) is 0 Å². The predicted octanol–water partition coefficient (Wildman–Crippen LogP) is 4.84. The third kappa shape index (κ3) is 7.85. The first-order chi connectivity index (χ1) is 18.7. The van der Waals surface area contributed by atoms with Crippen LogP contribution < -0.4 is 14.4 Å². The highest BCUT2D eigenvalue weighted by molar-refractivity contribution is 7.92. The van der Waals surface area contributed by atoms with Crippen molar-refractivity contribution in [2.75, 3.05) is 18.0 Å². The maximum atomic E-state index is 14.0. The van der Waals surface area contributed by atoms with Crippen molar-refractivity contribution < 1.29 is 22.7 Å². The summed E-state index contributed by atoms with van der Waals surface area (Å²) in [4.78, 5) is 28.6. The van der Waals surface area contributed by atoms with Gasteiger partial charge in [0.2, 0.25) is 11.8 Å². The Morgan fingerprint density at radius 3 is 2.10 bits per heavy atom. The minimum atomic E-state index is -4.15. The van der Waals surface area contributed by atoms with Crippen molar-refractivity contribution >= 4 is 27.5 Å². The van der Waals surface area contributed by atoms with Gasteiger partial charge in [0.15, 0.2) is 0 Å². The quantitative estimate of drug-likeness (QED) is 0.380. The first-order valence-corrected chi connectivity index (χ1v) is 14.6. The molecule has 3 aromatic carbocycles. The number of carbonyl (C=O) groups is 2. The number of amides is 2. The molecule has 0 heterocycles. The lowest BCUT2D eigenvalue weighted by atomic mass is 10.1. The van der Waals surface area contributed by atoms with Gasteiger partial charge in [0.25, 0.3) is 10.0 Å². The fourth-order valence-electron chi connectivity index (χ4n) is 4.18. The fraction of sp³-hybridized carbons (Fsp3) is 0.355. The van der Waals surface area contributed by atoms with Crippen LogP contribution in [0.15, 0.2) is 77.7 Å². The summed E-state index contributed by atoms with van der Waals surface area (Å²) < 4.78 is 34.1. The molecule has 8 nitrogen and oxygen atoms in total. The summed E-state index contributed by atoms with van der Waals surface area (Å²) in [6.45, 7) is 10.8. The third-order valence-corrected chi connectivity index (χ3v) is 8.14. The van der Waals surface area contributed by atoms with Gasteiger partial charge in [0.1, 0.15) is 18.3 Å². The van der Waals surface area contributed by atoms with Crippen molar-refractivity contribution in [1.82, 2.24) is 10.2 Å². The minimum Gasteiger partial charge on any atom is -0.497 e. The molecule has 0 radical (unpaired) electrons. The predicted molar refractivity (Wildman–Crippen MR) is 158 cm³/mol. The van der Waals surface area contributed by atoms with E-state index in [0.717, 1.165) is 21.0 Å². The molecule has 0 bridgehead atoms. The van der Waals surface area contributed by atoms with Gasteiger partial charge in [-0.15, -0.1) is 0 Å². The molecule has 3 aromatic rings. The van der Waals surface area contributed by atoms with E-state index in [1.165, 1.54) is 24.1 Å². The number of sulfonamides is 1. The Morgan fingerprint density at radius 2 is 1.55 bits per heavy atom. The molecule has 1 N–H and O–H groups in total. The molecule has 0 saturated carbocycles. The number of rotatable bonds is 10. The van der Waals surface area contributed by atoms with Gasteiger partial charge in [-0.05, 0) is 83.5 Å². The smallest absolute Gasteiger partial charge is 0.264 e. The van der Waals surface area contributed by atoms with E-state index < -0.39 is 34.1 Å². The number of hydrogen-bond donors (Lipinski definition) is 1.